The monoisotopic (exact) mass is 209 g/mol. The molecular weight excluding hydrogens is 190 g/mol. The Bertz CT molecular complexity index is 289. The van der Waals surface area contributed by atoms with Crippen molar-refractivity contribution in [3.8, 4) is 5.75 Å². The van der Waals surface area contributed by atoms with Gasteiger partial charge in [0, 0.05) is 13.0 Å². The Balaban J connectivity index is 2.50. The van der Waals surface area contributed by atoms with E-state index in [4.69, 9.17) is 15.2 Å². The third kappa shape index (κ3) is 4.32. The van der Waals surface area contributed by atoms with Crippen LogP contribution in [0, 0.1) is 5.92 Å². The number of ether oxygens (including phenoxy) is 2. The number of benzene rings is 1. The maximum Gasteiger partial charge on any atom is 0.119 e. The maximum absolute atomic E-state index is 5.61. The molecule has 84 valence electrons. The van der Waals surface area contributed by atoms with E-state index in [1.54, 1.807) is 7.11 Å². The molecule has 3 nitrogen and oxygen atoms in total. The van der Waals surface area contributed by atoms with Gasteiger partial charge in [0.25, 0.3) is 0 Å². The quantitative estimate of drug-likeness (QED) is 0.777. The SMILES string of the molecule is COCc1cccc(OCC(C)CN)c1. The second-order valence-corrected chi connectivity index (χ2v) is 3.73. The van der Waals surface area contributed by atoms with E-state index in [-0.39, 0.29) is 0 Å². The van der Waals surface area contributed by atoms with Crippen LogP contribution in [0.25, 0.3) is 0 Å². The third-order valence-electron chi connectivity index (χ3n) is 2.15. The molecule has 0 saturated heterocycles. The van der Waals surface area contributed by atoms with Crippen LogP contribution in [0.2, 0.25) is 0 Å². The van der Waals surface area contributed by atoms with Crippen molar-refractivity contribution in [1.29, 1.82) is 0 Å². The molecule has 3 heteroatoms. The largest absolute Gasteiger partial charge is 0.493 e. The van der Waals surface area contributed by atoms with Crippen LogP contribution in [0.1, 0.15) is 12.5 Å². The van der Waals surface area contributed by atoms with E-state index in [9.17, 15) is 0 Å². The molecule has 0 heterocycles. The highest BCUT2D eigenvalue weighted by atomic mass is 16.5. The van der Waals surface area contributed by atoms with Gasteiger partial charge >= 0.3 is 0 Å². The highest BCUT2D eigenvalue weighted by Crippen LogP contribution is 2.14. The fourth-order valence-electron chi connectivity index (χ4n) is 1.20. The molecule has 1 rings (SSSR count). The standard InChI is InChI=1S/C12H19NO2/c1-10(7-13)8-15-12-5-3-4-11(6-12)9-14-2/h3-6,10H,7-9,13H2,1-2H3. The minimum absolute atomic E-state index is 0.385. The van der Waals surface area contributed by atoms with Gasteiger partial charge in [0.1, 0.15) is 5.75 Å². The predicted molar refractivity (Wildman–Crippen MR) is 60.9 cm³/mol. The Labute approximate surface area is 91.2 Å². The summed E-state index contributed by atoms with van der Waals surface area (Å²) >= 11 is 0. The number of nitrogens with two attached hydrogens (primary N) is 1. The fraction of sp³-hybridized carbons (Fsp3) is 0.500. The average Bonchev–Trinajstić information content (AvgIpc) is 2.27. The summed E-state index contributed by atoms with van der Waals surface area (Å²) in [4.78, 5) is 0. The lowest BCUT2D eigenvalue weighted by atomic mass is 10.2. The molecule has 0 aliphatic rings. The second kappa shape index (κ2) is 6.43. The third-order valence-corrected chi connectivity index (χ3v) is 2.15. The summed E-state index contributed by atoms with van der Waals surface area (Å²) in [6.07, 6.45) is 0. The van der Waals surface area contributed by atoms with Crippen molar-refractivity contribution >= 4 is 0 Å². The van der Waals surface area contributed by atoms with Gasteiger partial charge in [-0.05, 0) is 24.2 Å². The minimum atomic E-state index is 0.385. The molecule has 0 radical (unpaired) electrons. The van der Waals surface area contributed by atoms with E-state index in [2.05, 4.69) is 6.92 Å². The van der Waals surface area contributed by atoms with Crippen LogP contribution >= 0.6 is 0 Å². The van der Waals surface area contributed by atoms with Gasteiger partial charge in [0.05, 0.1) is 13.2 Å². The second-order valence-electron chi connectivity index (χ2n) is 3.73. The first-order chi connectivity index (χ1) is 7.26. The molecule has 0 fully saturated rings. The Morgan fingerprint density at radius 2 is 2.20 bits per heavy atom. The fourth-order valence-corrected chi connectivity index (χ4v) is 1.20. The summed E-state index contributed by atoms with van der Waals surface area (Å²) in [5.41, 5.74) is 6.63. The summed E-state index contributed by atoms with van der Waals surface area (Å²) in [5.74, 6) is 1.26. The molecule has 0 saturated carbocycles. The van der Waals surface area contributed by atoms with Gasteiger partial charge in [0.15, 0.2) is 0 Å². The van der Waals surface area contributed by atoms with Crippen LogP contribution in [0.4, 0.5) is 0 Å². The summed E-state index contributed by atoms with van der Waals surface area (Å²) in [7, 11) is 1.68. The molecule has 0 spiro atoms. The minimum Gasteiger partial charge on any atom is -0.493 e. The van der Waals surface area contributed by atoms with E-state index in [1.807, 2.05) is 24.3 Å². The van der Waals surface area contributed by atoms with Crippen LogP contribution in [0.5, 0.6) is 5.75 Å². The zero-order chi connectivity index (χ0) is 11.1. The molecule has 1 aromatic carbocycles. The average molecular weight is 209 g/mol. The zero-order valence-corrected chi connectivity index (χ0v) is 9.40. The van der Waals surface area contributed by atoms with Crippen molar-refractivity contribution in [2.45, 2.75) is 13.5 Å². The van der Waals surface area contributed by atoms with Gasteiger partial charge in [-0.3, -0.25) is 0 Å². The smallest absolute Gasteiger partial charge is 0.119 e. The van der Waals surface area contributed by atoms with Crippen molar-refractivity contribution in [2.75, 3.05) is 20.3 Å². The van der Waals surface area contributed by atoms with E-state index in [1.165, 1.54) is 0 Å². The number of hydrogen-bond donors (Lipinski definition) is 1. The Hall–Kier alpha value is -1.06. The Morgan fingerprint density at radius 1 is 1.40 bits per heavy atom. The maximum atomic E-state index is 5.61. The van der Waals surface area contributed by atoms with Crippen LogP contribution < -0.4 is 10.5 Å². The molecule has 0 aliphatic carbocycles. The van der Waals surface area contributed by atoms with E-state index < -0.39 is 0 Å². The van der Waals surface area contributed by atoms with Gasteiger partial charge in [-0.25, -0.2) is 0 Å². The van der Waals surface area contributed by atoms with Gasteiger partial charge in [-0.15, -0.1) is 0 Å². The van der Waals surface area contributed by atoms with E-state index in [0.717, 1.165) is 11.3 Å². The lowest BCUT2D eigenvalue weighted by Gasteiger charge is -2.11. The molecule has 1 atom stereocenters. The number of rotatable bonds is 6. The number of hydrogen-bond acceptors (Lipinski definition) is 3. The summed E-state index contributed by atoms with van der Waals surface area (Å²) in [6, 6.07) is 7.93. The summed E-state index contributed by atoms with van der Waals surface area (Å²) < 4.78 is 10.7. The molecule has 0 aromatic heterocycles. The first-order valence-corrected chi connectivity index (χ1v) is 5.17. The van der Waals surface area contributed by atoms with Crippen molar-refractivity contribution in [2.24, 2.45) is 11.7 Å². The summed E-state index contributed by atoms with van der Waals surface area (Å²) in [5, 5.41) is 0. The normalized spacial score (nSPS) is 12.5. The molecule has 15 heavy (non-hydrogen) atoms. The first kappa shape index (κ1) is 12.0. The van der Waals surface area contributed by atoms with Crippen LogP contribution in [0.3, 0.4) is 0 Å². The lowest BCUT2D eigenvalue weighted by Crippen LogP contribution is -2.18. The van der Waals surface area contributed by atoms with Gasteiger partial charge in [-0.2, -0.15) is 0 Å². The molecule has 1 unspecified atom stereocenters. The molecule has 2 N–H and O–H groups in total. The van der Waals surface area contributed by atoms with Crippen molar-refractivity contribution in [3.05, 3.63) is 29.8 Å². The molecule has 1 aromatic rings. The van der Waals surface area contributed by atoms with E-state index >= 15 is 0 Å². The Morgan fingerprint density at radius 3 is 2.87 bits per heavy atom. The van der Waals surface area contributed by atoms with E-state index in [0.29, 0.717) is 25.7 Å². The summed E-state index contributed by atoms with van der Waals surface area (Å²) in [6.45, 7) is 3.99. The topological polar surface area (TPSA) is 44.5 Å². The number of methoxy groups -OCH3 is 1. The van der Waals surface area contributed by atoms with Crippen LogP contribution in [0.15, 0.2) is 24.3 Å². The predicted octanol–water partition coefficient (Wildman–Crippen LogP) is 1.81. The van der Waals surface area contributed by atoms with Gasteiger partial charge in [-0.1, -0.05) is 19.1 Å². The van der Waals surface area contributed by atoms with Crippen molar-refractivity contribution in [1.82, 2.24) is 0 Å². The molecule has 0 amide bonds. The van der Waals surface area contributed by atoms with Crippen LogP contribution in [-0.2, 0) is 11.3 Å². The lowest BCUT2D eigenvalue weighted by molar-refractivity contribution is 0.184. The Kier molecular flexibility index (Phi) is 5.15. The highest BCUT2D eigenvalue weighted by molar-refractivity contribution is 5.28. The molecule has 0 bridgehead atoms. The first-order valence-electron chi connectivity index (χ1n) is 5.17. The van der Waals surface area contributed by atoms with Gasteiger partial charge in [0.2, 0.25) is 0 Å². The molecular formula is C12H19NO2. The van der Waals surface area contributed by atoms with Gasteiger partial charge < -0.3 is 15.2 Å². The highest BCUT2D eigenvalue weighted by Gasteiger charge is 2.01. The van der Waals surface area contributed by atoms with Crippen molar-refractivity contribution < 1.29 is 9.47 Å². The molecule has 0 aliphatic heterocycles. The zero-order valence-electron chi connectivity index (χ0n) is 9.40. The van der Waals surface area contributed by atoms with Crippen LogP contribution in [-0.4, -0.2) is 20.3 Å². The van der Waals surface area contributed by atoms with Crippen molar-refractivity contribution in [3.63, 3.8) is 0 Å².